The van der Waals surface area contributed by atoms with Crippen LogP contribution in [0.25, 0.3) is 32.7 Å². The minimum absolute atomic E-state index is 0.00712. The number of hydrogen-bond acceptors (Lipinski definition) is 2. The van der Waals surface area contributed by atoms with Crippen molar-refractivity contribution in [2.24, 2.45) is 0 Å². The second-order valence-electron chi connectivity index (χ2n) is 22.4. The maximum absolute atomic E-state index is 2.65. The first-order valence-corrected chi connectivity index (χ1v) is 23.0. The third-order valence-electron chi connectivity index (χ3n) is 13.8. The van der Waals surface area contributed by atoms with Crippen molar-refractivity contribution in [3.63, 3.8) is 0 Å². The van der Waals surface area contributed by atoms with Gasteiger partial charge in [-0.15, -0.1) is 0 Å². The number of nitrogens with zero attached hydrogens (tertiary/aromatic N) is 2. The van der Waals surface area contributed by atoms with Crippen molar-refractivity contribution in [2.45, 2.75) is 105 Å². The summed E-state index contributed by atoms with van der Waals surface area (Å²) in [6.07, 6.45) is 0. The topological polar surface area (TPSA) is 6.48 Å². The molecule has 0 saturated carbocycles. The summed E-state index contributed by atoms with van der Waals surface area (Å²) in [5, 5.41) is 5.03. The molecule has 2 aliphatic rings. The van der Waals surface area contributed by atoms with Crippen LogP contribution >= 0.6 is 0 Å². The molecule has 0 radical (unpaired) electrons. The van der Waals surface area contributed by atoms with Crippen LogP contribution in [-0.4, -0.2) is 6.71 Å². The summed E-state index contributed by atoms with van der Waals surface area (Å²) < 4.78 is 0. The van der Waals surface area contributed by atoms with E-state index in [9.17, 15) is 0 Å². The van der Waals surface area contributed by atoms with Crippen molar-refractivity contribution in [1.82, 2.24) is 0 Å². The first kappa shape index (κ1) is 41.0. The van der Waals surface area contributed by atoms with Crippen LogP contribution in [0.2, 0.25) is 0 Å². The van der Waals surface area contributed by atoms with Crippen LogP contribution in [0, 0.1) is 0 Å². The lowest BCUT2D eigenvalue weighted by Gasteiger charge is -2.46. The third-order valence-corrected chi connectivity index (χ3v) is 13.8. The lowest BCUT2D eigenvalue weighted by molar-refractivity contribution is 0.568. The Morgan fingerprint density at radius 1 is 0.349 bits per heavy atom. The van der Waals surface area contributed by atoms with Gasteiger partial charge in [0, 0.05) is 44.9 Å². The normalized spacial score (nSPS) is 13.9. The number of rotatable bonds is 3. The lowest BCUT2D eigenvalue weighted by Crippen LogP contribution is -2.61. The Morgan fingerprint density at radius 2 is 0.714 bits per heavy atom. The Bertz CT molecular complexity index is 2860. The van der Waals surface area contributed by atoms with Gasteiger partial charge in [-0.1, -0.05) is 198 Å². The fourth-order valence-corrected chi connectivity index (χ4v) is 10.1. The highest BCUT2D eigenvalue weighted by Gasteiger charge is 2.45. The first-order valence-electron chi connectivity index (χ1n) is 23.0. The van der Waals surface area contributed by atoms with Gasteiger partial charge in [0.15, 0.2) is 0 Å². The van der Waals surface area contributed by atoms with Crippen LogP contribution in [0.1, 0.15) is 105 Å². The summed E-state index contributed by atoms with van der Waals surface area (Å²) in [6, 6.07) is 58.5. The standard InChI is InChI=1S/C60H61BN2/c1-57(2,3)42-32-43(58(4,5)6)35-46(34-42)62-52-30-41(38-20-14-13-15-21-38)31-53-54(52)61(50-28-26-39-22-16-18-24-48(39)55(50)62)51-29-27-40-23-17-19-25-49(40)56(51)63(53)47-36-44(59(7,8)9)33-45(37-47)60(10,11)12/h13-37H,1-12H3. The number of benzene rings is 8. The summed E-state index contributed by atoms with van der Waals surface area (Å²) in [6.45, 7) is 28.2. The van der Waals surface area contributed by atoms with Gasteiger partial charge in [0.2, 0.25) is 0 Å². The van der Waals surface area contributed by atoms with Gasteiger partial charge in [-0.2, -0.15) is 0 Å². The molecule has 2 nitrogen and oxygen atoms in total. The van der Waals surface area contributed by atoms with Gasteiger partial charge in [0.1, 0.15) is 0 Å². The maximum Gasteiger partial charge on any atom is 0.252 e. The van der Waals surface area contributed by atoms with E-state index in [4.69, 9.17) is 0 Å². The van der Waals surface area contributed by atoms with E-state index in [0.29, 0.717) is 0 Å². The van der Waals surface area contributed by atoms with E-state index in [2.05, 4.69) is 245 Å². The second kappa shape index (κ2) is 14.2. The van der Waals surface area contributed by atoms with Crippen molar-refractivity contribution in [3.05, 3.63) is 174 Å². The van der Waals surface area contributed by atoms with Gasteiger partial charge < -0.3 is 9.80 Å². The lowest BCUT2D eigenvalue weighted by atomic mass is 9.33. The van der Waals surface area contributed by atoms with Crippen LogP contribution in [-0.2, 0) is 21.7 Å². The SMILES string of the molecule is CC(C)(C)c1cc(N2c3cc(-c4ccccc4)cc4c3B(c3ccc5ccccc5c32)c2ccc3ccccc3c2N4c2cc(C(C)(C)C)cc(C(C)(C)C)c2)cc(C(C)(C)C)c1. The van der Waals surface area contributed by atoms with E-state index >= 15 is 0 Å². The molecule has 3 heteroatoms. The maximum atomic E-state index is 2.65. The molecular formula is C60H61BN2. The van der Waals surface area contributed by atoms with Gasteiger partial charge in [-0.25, -0.2) is 0 Å². The molecule has 0 amide bonds. The molecule has 8 aromatic rings. The highest BCUT2D eigenvalue weighted by molar-refractivity contribution is 7.00. The summed E-state index contributed by atoms with van der Waals surface area (Å²) in [5.41, 5.74) is 19.0. The predicted octanol–water partition coefficient (Wildman–Crippen LogP) is 14.9. The minimum atomic E-state index is -0.0547. The first-order chi connectivity index (χ1) is 29.8. The van der Waals surface area contributed by atoms with Crippen LogP contribution in [0.5, 0.6) is 0 Å². The molecule has 0 atom stereocenters. The fraction of sp³-hybridized carbons (Fsp3) is 0.267. The molecule has 0 aliphatic carbocycles. The largest absolute Gasteiger partial charge is 0.311 e. The molecular weight excluding hydrogens is 759 g/mol. The Labute approximate surface area is 376 Å². The number of hydrogen-bond donors (Lipinski definition) is 0. The van der Waals surface area contributed by atoms with Gasteiger partial charge in [-0.3, -0.25) is 0 Å². The summed E-state index contributed by atoms with van der Waals surface area (Å²) in [4.78, 5) is 5.31. The summed E-state index contributed by atoms with van der Waals surface area (Å²) >= 11 is 0. The third kappa shape index (κ3) is 6.87. The number of anilines is 6. The van der Waals surface area contributed by atoms with Crippen LogP contribution < -0.4 is 26.2 Å². The van der Waals surface area contributed by atoms with E-state index in [-0.39, 0.29) is 28.4 Å². The van der Waals surface area contributed by atoms with Crippen LogP contribution in [0.4, 0.5) is 34.1 Å². The molecule has 10 rings (SSSR count). The number of fused-ring (bicyclic) bond motifs is 8. The molecule has 0 fully saturated rings. The van der Waals surface area contributed by atoms with Crippen molar-refractivity contribution in [1.29, 1.82) is 0 Å². The van der Waals surface area contributed by atoms with E-state index in [1.807, 2.05) is 0 Å². The molecule has 0 saturated heterocycles. The average molecular weight is 821 g/mol. The van der Waals surface area contributed by atoms with Crippen molar-refractivity contribution in [3.8, 4) is 11.1 Å². The van der Waals surface area contributed by atoms with Gasteiger partial charge in [-0.05, 0) is 119 Å². The molecule has 63 heavy (non-hydrogen) atoms. The zero-order valence-electron chi connectivity index (χ0n) is 39.4. The molecule has 0 N–H and O–H groups in total. The van der Waals surface area contributed by atoms with E-state index < -0.39 is 0 Å². The smallest absolute Gasteiger partial charge is 0.252 e. The Kier molecular flexibility index (Phi) is 9.26. The van der Waals surface area contributed by atoms with Crippen LogP contribution in [0.3, 0.4) is 0 Å². The minimum Gasteiger partial charge on any atom is -0.311 e. The Morgan fingerprint density at radius 3 is 1.10 bits per heavy atom. The molecule has 2 aliphatic heterocycles. The molecule has 2 heterocycles. The molecule has 0 spiro atoms. The van der Waals surface area contributed by atoms with Crippen molar-refractivity contribution < 1.29 is 0 Å². The van der Waals surface area contributed by atoms with E-state index in [1.165, 1.54) is 105 Å². The molecule has 0 bridgehead atoms. The molecule has 8 aromatic carbocycles. The molecule has 0 unspecified atom stereocenters. The molecule has 0 aromatic heterocycles. The quantitative estimate of drug-likeness (QED) is 0.164. The van der Waals surface area contributed by atoms with Gasteiger partial charge in [0.25, 0.3) is 6.71 Å². The highest BCUT2D eigenvalue weighted by Crippen LogP contribution is 2.50. The van der Waals surface area contributed by atoms with Gasteiger partial charge >= 0.3 is 0 Å². The average Bonchev–Trinajstić information content (AvgIpc) is 3.24. The van der Waals surface area contributed by atoms with Crippen molar-refractivity contribution in [2.75, 3.05) is 9.80 Å². The second-order valence-corrected chi connectivity index (χ2v) is 22.4. The van der Waals surface area contributed by atoms with E-state index in [0.717, 1.165) is 0 Å². The Hall–Kier alpha value is -6.06. The van der Waals surface area contributed by atoms with Crippen molar-refractivity contribution >= 4 is 78.8 Å². The zero-order valence-corrected chi connectivity index (χ0v) is 39.4. The van der Waals surface area contributed by atoms with E-state index in [1.54, 1.807) is 0 Å². The fourth-order valence-electron chi connectivity index (χ4n) is 10.1. The molecule has 314 valence electrons. The highest BCUT2D eigenvalue weighted by atomic mass is 15.2. The zero-order chi connectivity index (χ0) is 44.4. The summed E-state index contributed by atoms with van der Waals surface area (Å²) in [7, 11) is 0. The monoisotopic (exact) mass is 820 g/mol. The summed E-state index contributed by atoms with van der Waals surface area (Å²) in [5.74, 6) is 0. The van der Waals surface area contributed by atoms with Crippen LogP contribution in [0.15, 0.2) is 152 Å². The van der Waals surface area contributed by atoms with Gasteiger partial charge in [0.05, 0.1) is 0 Å². The predicted molar refractivity (Wildman–Crippen MR) is 276 cm³/mol. The Balaban J connectivity index is 1.41.